The molecule has 0 fully saturated rings. The van der Waals surface area contributed by atoms with Gasteiger partial charge in [0.15, 0.2) is 5.54 Å². The van der Waals surface area contributed by atoms with Crippen molar-refractivity contribution < 1.29 is 14.3 Å². The van der Waals surface area contributed by atoms with Crippen LogP contribution in [0.25, 0.3) is 0 Å². The molecular formula is C12H21ClN4O3. The Morgan fingerprint density at radius 2 is 2.15 bits per heavy atom. The van der Waals surface area contributed by atoms with Crippen LogP contribution in [0, 0.1) is 0 Å². The molecule has 0 aliphatic carbocycles. The lowest BCUT2D eigenvalue weighted by molar-refractivity contribution is -0.152. The van der Waals surface area contributed by atoms with Crippen molar-refractivity contribution in [3.05, 3.63) is 12.4 Å². The lowest BCUT2D eigenvalue weighted by atomic mass is 10.1. The molecule has 8 heteroatoms. The second kappa shape index (κ2) is 7.25. The lowest BCUT2D eigenvalue weighted by Gasteiger charge is -2.22. The normalized spacial score (nSPS) is 12.2. The Balaban J connectivity index is 0.00000361. The van der Waals surface area contributed by atoms with Gasteiger partial charge in [0.2, 0.25) is 5.91 Å². The van der Waals surface area contributed by atoms with Gasteiger partial charge in [0.05, 0.1) is 24.5 Å². The average Bonchev–Trinajstić information content (AvgIpc) is 2.78. The highest BCUT2D eigenvalue weighted by molar-refractivity contribution is 5.94. The number of nitrogens with two attached hydrogens (primary N) is 1. The van der Waals surface area contributed by atoms with E-state index >= 15 is 0 Å². The molecule has 0 bridgehead atoms. The number of rotatable bonds is 5. The van der Waals surface area contributed by atoms with E-state index in [-0.39, 0.29) is 24.3 Å². The molecule has 1 rings (SSSR count). The largest absolute Gasteiger partial charge is 0.464 e. The molecule has 0 aromatic carbocycles. The van der Waals surface area contributed by atoms with Gasteiger partial charge in [-0.05, 0) is 27.7 Å². The number of amides is 1. The monoisotopic (exact) mass is 304 g/mol. The van der Waals surface area contributed by atoms with Crippen molar-refractivity contribution in [2.24, 2.45) is 5.73 Å². The highest BCUT2D eigenvalue weighted by Gasteiger charge is 2.32. The molecule has 7 nitrogen and oxygen atoms in total. The van der Waals surface area contributed by atoms with Crippen LogP contribution in [0.4, 0.5) is 5.69 Å². The van der Waals surface area contributed by atoms with Crippen LogP contribution in [0.1, 0.15) is 27.7 Å². The van der Waals surface area contributed by atoms with Crippen molar-refractivity contribution in [2.45, 2.75) is 39.3 Å². The molecule has 0 unspecified atom stereocenters. The minimum atomic E-state index is -0.937. The standard InChI is InChI=1S/C12H20N4O3.ClH/c1-5-19-11(18)12(3,4)16-7-9(6-14-16)15-10(17)8(2)13;/h6-8H,5,13H2,1-4H3,(H,15,17);1H/t8-;/m0./s1. The van der Waals surface area contributed by atoms with Gasteiger partial charge in [-0.3, -0.25) is 9.48 Å². The van der Waals surface area contributed by atoms with Crippen LogP contribution in [0.15, 0.2) is 12.4 Å². The number of hydrogen-bond donors (Lipinski definition) is 2. The van der Waals surface area contributed by atoms with Gasteiger partial charge < -0.3 is 15.8 Å². The van der Waals surface area contributed by atoms with Gasteiger partial charge in [0, 0.05) is 6.20 Å². The predicted octanol–water partition coefficient (Wildman–Crippen LogP) is 0.889. The predicted molar refractivity (Wildman–Crippen MR) is 77.7 cm³/mol. The summed E-state index contributed by atoms with van der Waals surface area (Å²) >= 11 is 0. The zero-order valence-corrected chi connectivity index (χ0v) is 12.9. The van der Waals surface area contributed by atoms with Crippen molar-refractivity contribution in [1.82, 2.24) is 9.78 Å². The van der Waals surface area contributed by atoms with Crippen molar-refractivity contribution >= 4 is 30.0 Å². The maximum Gasteiger partial charge on any atom is 0.333 e. The Hall–Kier alpha value is -1.60. The first kappa shape index (κ1) is 18.4. The van der Waals surface area contributed by atoms with Gasteiger partial charge in [-0.15, -0.1) is 12.4 Å². The third-order valence-corrected chi connectivity index (χ3v) is 2.61. The van der Waals surface area contributed by atoms with E-state index in [4.69, 9.17) is 10.5 Å². The minimum absolute atomic E-state index is 0. The van der Waals surface area contributed by atoms with E-state index < -0.39 is 11.6 Å². The summed E-state index contributed by atoms with van der Waals surface area (Å²) in [5, 5.41) is 6.67. The average molecular weight is 305 g/mol. The van der Waals surface area contributed by atoms with Crippen molar-refractivity contribution in [1.29, 1.82) is 0 Å². The summed E-state index contributed by atoms with van der Waals surface area (Å²) in [6.45, 7) is 7.01. The number of ether oxygens (including phenoxy) is 1. The summed E-state index contributed by atoms with van der Waals surface area (Å²) < 4.78 is 6.43. The Bertz CT molecular complexity index is 471. The molecule has 20 heavy (non-hydrogen) atoms. The molecule has 0 saturated heterocycles. The molecule has 0 aliphatic rings. The topological polar surface area (TPSA) is 99.2 Å². The highest BCUT2D eigenvalue weighted by atomic mass is 35.5. The maximum absolute atomic E-state index is 11.8. The van der Waals surface area contributed by atoms with E-state index in [2.05, 4.69) is 10.4 Å². The zero-order chi connectivity index (χ0) is 14.6. The first-order chi connectivity index (χ1) is 8.78. The van der Waals surface area contributed by atoms with Crippen molar-refractivity contribution in [2.75, 3.05) is 11.9 Å². The van der Waals surface area contributed by atoms with Crippen LogP contribution in [-0.2, 0) is 19.9 Å². The molecule has 0 saturated carbocycles. The molecule has 0 spiro atoms. The summed E-state index contributed by atoms with van der Waals surface area (Å²) in [7, 11) is 0. The van der Waals surface area contributed by atoms with Crippen LogP contribution in [-0.4, -0.2) is 34.3 Å². The number of carbonyl (C=O) groups excluding carboxylic acids is 2. The number of esters is 1. The Morgan fingerprint density at radius 1 is 1.55 bits per heavy atom. The molecule has 1 aromatic rings. The molecule has 1 atom stereocenters. The number of carbonyl (C=O) groups is 2. The van der Waals surface area contributed by atoms with E-state index in [0.717, 1.165) is 0 Å². The molecule has 3 N–H and O–H groups in total. The van der Waals surface area contributed by atoms with Crippen LogP contribution < -0.4 is 11.1 Å². The zero-order valence-electron chi connectivity index (χ0n) is 12.0. The lowest BCUT2D eigenvalue weighted by Crippen LogP contribution is -2.37. The third-order valence-electron chi connectivity index (χ3n) is 2.61. The van der Waals surface area contributed by atoms with E-state index in [1.807, 2.05) is 0 Å². The molecule has 0 aliphatic heterocycles. The summed E-state index contributed by atoms with van der Waals surface area (Å²) in [5.74, 6) is -0.698. The molecular weight excluding hydrogens is 284 g/mol. The second-order valence-corrected chi connectivity index (χ2v) is 4.73. The SMILES string of the molecule is CCOC(=O)C(C)(C)n1cc(NC(=O)[C@H](C)N)cn1.Cl. The quantitative estimate of drug-likeness (QED) is 0.787. The maximum atomic E-state index is 11.8. The number of nitrogens with one attached hydrogen (secondary N) is 1. The second-order valence-electron chi connectivity index (χ2n) is 4.73. The number of anilines is 1. The van der Waals surface area contributed by atoms with Gasteiger partial charge in [-0.2, -0.15) is 5.10 Å². The Morgan fingerprint density at radius 3 is 2.65 bits per heavy atom. The van der Waals surface area contributed by atoms with E-state index in [1.165, 1.54) is 10.9 Å². The van der Waals surface area contributed by atoms with Crippen molar-refractivity contribution in [3.63, 3.8) is 0 Å². The number of aromatic nitrogens is 2. The first-order valence-electron chi connectivity index (χ1n) is 6.07. The highest BCUT2D eigenvalue weighted by Crippen LogP contribution is 2.18. The summed E-state index contributed by atoms with van der Waals surface area (Å²) in [6, 6.07) is -0.610. The fourth-order valence-electron chi connectivity index (χ4n) is 1.35. The fourth-order valence-corrected chi connectivity index (χ4v) is 1.35. The van der Waals surface area contributed by atoms with Gasteiger partial charge in [0.1, 0.15) is 0 Å². The van der Waals surface area contributed by atoms with Crippen LogP contribution in [0.3, 0.4) is 0 Å². The van der Waals surface area contributed by atoms with Crippen LogP contribution >= 0.6 is 12.4 Å². The molecule has 1 heterocycles. The minimum Gasteiger partial charge on any atom is -0.464 e. The van der Waals surface area contributed by atoms with E-state index in [1.54, 1.807) is 33.9 Å². The Labute approximate surface area is 124 Å². The summed E-state index contributed by atoms with van der Waals surface area (Å²) in [4.78, 5) is 23.3. The van der Waals surface area contributed by atoms with Crippen LogP contribution in [0.5, 0.6) is 0 Å². The first-order valence-corrected chi connectivity index (χ1v) is 6.07. The number of nitrogens with zero attached hydrogens (tertiary/aromatic N) is 2. The van der Waals surface area contributed by atoms with E-state index in [0.29, 0.717) is 12.3 Å². The van der Waals surface area contributed by atoms with E-state index in [9.17, 15) is 9.59 Å². The fraction of sp³-hybridized carbons (Fsp3) is 0.583. The van der Waals surface area contributed by atoms with Crippen molar-refractivity contribution in [3.8, 4) is 0 Å². The molecule has 114 valence electrons. The Kier molecular flexibility index (Phi) is 6.67. The summed E-state index contributed by atoms with van der Waals surface area (Å²) in [5.41, 5.74) is 5.00. The van der Waals surface area contributed by atoms with Gasteiger partial charge in [-0.1, -0.05) is 0 Å². The van der Waals surface area contributed by atoms with Gasteiger partial charge in [-0.25, -0.2) is 4.79 Å². The number of hydrogen-bond acceptors (Lipinski definition) is 5. The summed E-state index contributed by atoms with van der Waals surface area (Å²) in [6.07, 6.45) is 3.03. The van der Waals surface area contributed by atoms with Gasteiger partial charge >= 0.3 is 5.97 Å². The van der Waals surface area contributed by atoms with Crippen LogP contribution in [0.2, 0.25) is 0 Å². The molecule has 0 radical (unpaired) electrons. The molecule has 1 amide bonds. The molecule has 1 aromatic heterocycles. The number of halogens is 1. The smallest absolute Gasteiger partial charge is 0.333 e. The van der Waals surface area contributed by atoms with Gasteiger partial charge in [0.25, 0.3) is 0 Å². The third kappa shape index (κ3) is 4.21.